The van der Waals surface area contributed by atoms with Gasteiger partial charge in [0.1, 0.15) is 17.3 Å². The van der Waals surface area contributed by atoms with Crippen LogP contribution in [0.15, 0.2) is 18.5 Å². The molecule has 2 saturated heterocycles. The van der Waals surface area contributed by atoms with Gasteiger partial charge < -0.3 is 25.4 Å². The van der Waals surface area contributed by atoms with E-state index in [2.05, 4.69) is 30.9 Å². The summed E-state index contributed by atoms with van der Waals surface area (Å²) in [5.74, 6) is 1.01. The van der Waals surface area contributed by atoms with Crippen molar-refractivity contribution in [2.24, 2.45) is 11.8 Å². The first-order chi connectivity index (χ1) is 15.5. The lowest BCUT2D eigenvalue weighted by atomic mass is 10.0. The van der Waals surface area contributed by atoms with Gasteiger partial charge in [0.2, 0.25) is 5.91 Å². The second kappa shape index (κ2) is 10.7. The molecule has 2 aliphatic heterocycles. The quantitative estimate of drug-likeness (QED) is 0.554. The molecule has 0 bridgehead atoms. The zero-order chi connectivity index (χ0) is 22.5. The molecule has 2 fully saturated rings. The van der Waals surface area contributed by atoms with Crippen LogP contribution in [-0.2, 0) is 14.3 Å². The molecule has 1 amide bonds. The summed E-state index contributed by atoms with van der Waals surface area (Å²) in [6.07, 6.45) is 4.91. The molecule has 172 valence electrons. The minimum Gasteiger partial charge on any atom is -0.381 e. The van der Waals surface area contributed by atoms with E-state index in [0.717, 1.165) is 32.6 Å². The first-order valence-electron chi connectivity index (χ1n) is 10.6. The van der Waals surface area contributed by atoms with Crippen molar-refractivity contribution < 1.29 is 14.3 Å². The standard InChI is InChI=1S/C21H26Cl2N6O3/c1-31-16-10-24-8-14(16)21(30)29-17-6-13(15(22)9-26-17)19-20(23)27-11-18(28-19)25-7-12-2-4-32-5-3-12/h6,9,11-12,14,16,24H,2-5,7-8,10H2,1H3,(H,25,28)(H,26,29,30)/t14-,16-/m0/s1. The molecule has 0 aliphatic carbocycles. The molecule has 2 aromatic heterocycles. The molecule has 2 atom stereocenters. The van der Waals surface area contributed by atoms with Gasteiger partial charge in [-0.3, -0.25) is 4.79 Å². The number of carbonyl (C=O) groups excluding carboxylic acids is 1. The Balaban J connectivity index is 1.50. The summed E-state index contributed by atoms with van der Waals surface area (Å²) in [6.45, 7) is 3.52. The summed E-state index contributed by atoms with van der Waals surface area (Å²) < 4.78 is 10.8. The number of pyridine rings is 1. The first kappa shape index (κ1) is 23.1. The highest BCUT2D eigenvalue weighted by Crippen LogP contribution is 2.33. The molecular weight excluding hydrogens is 455 g/mol. The van der Waals surface area contributed by atoms with Crippen LogP contribution in [0.5, 0.6) is 0 Å². The third-order valence-corrected chi connectivity index (χ3v) is 6.38. The van der Waals surface area contributed by atoms with Crippen molar-refractivity contribution in [3.63, 3.8) is 0 Å². The van der Waals surface area contributed by atoms with Gasteiger partial charge in [-0.15, -0.1) is 0 Å². The number of nitrogens with one attached hydrogen (secondary N) is 3. The number of methoxy groups -OCH3 is 1. The molecule has 2 aliphatic rings. The Bertz CT molecular complexity index is 957. The van der Waals surface area contributed by atoms with E-state index in [1.165, 1.54) is 6.20 Å². The smallest absolute Gasteiger partial charge is 0.232 e. The van der Waals surface area contributed by atoms with E-state index in [0.29, 0.717) is 46.9 Å². The van der Waals surface area contributed by atoms with E-state index in [-0.39, 0.29) is 23.1 Å². The average Bonchev–Trinajstić information content (AvgIpc) is 3.30. The molecule has 4 rings (SSSR count). The minimum atomic E-state index is -0.304. The molecule has 0 saturated carbocycles. The van der Waals surface area contributed by atoms with E-state index in [1.54, 1.807) is 19.4 Å². The topological polar surface area (TPSA) is 110 Å². The largest absolute Gasteiger partial charge is 0.381 e. The Morgan fingerprint density at radius 1 is 1.22 bits per heavy atom. The number of nitrogens with zero attached hydrogens (tertiary/aromatic N) is 3. The average molecular weight is 481 g/mol. The van der Waals surface area contributed by atoms with Crippen LogP contribution >= 0.6 is 23.2 Å². The number of anilines is 2. The van der Waals surface area contributed by atoms with Crippen LogP contribution in [0.4, 0.5) is 11.6 Å². The van der Waals surface area contributed by atoms with Gasteiger partial charge in [-0.25, -0.2) is 15.0 Å². The van der Waals surface area contributed by atoms with E-state index in [9.17, 15) is 4.79 Å². The predicted octanol–water partition coefficient (Wildman–Crippen LogP) is 2.86. The van der Waals surface area contributed by atoms with Crippen molar-refractivity contribution in [1.82, 2.24) is 20.3 Å². The van der Waals surface area contributed by atoms with E-state index in [1.807, 2.05) is 0 Å². The Morgan fingerprint density at radius 2 is 2.03 bits per heavy atom. The zero-order valence-corrected chi connectivity index (χ0v) is 19.2. The lowest BCUT2D eigenvalue weighted by Crippen LogP contribution is -2.33. The summed E-state index contributed by atoms with van der Waals surface area (Å²) >= 11 is 12.7. The van der Waals surface area contributed by atoms with Gasteiger partial charge in [0.15, 0.2) is 5.15 Å². The van der Waals surface area contributed by atoms with E-state index < -0.39 is 0 Å². The number of amides is 1. The molecule has 32 heavy (non-hydrogen) atoms. The fourth-order valence-corrected chi connectivity index (χ4v) is 4.29. The van der Waals surface area contributed by atoms with Gasteiger partial charge in [0, 0.05) is 51.7 Å². The third-order valence-electron chi connectivity index (χ3n) is 5.80. The van der Waals surface area contributed by atoms with Crippen LogP contribution in [0.1, 0.15) is 12.8 Å². The van der Waals surface area contributed by atoms with Gasteiger partial charge in [-0.05, 0) is 24.8 Å². The number of hydrogen-bond donors (Lipinski definition) is 3. The summed E-state index contributed by atoms with van der Waals surface area (Å²) in [6, 6.07) is 1.66. The molecule has 9 nitrogen and oxygen atoms in total. The van der Waals surface area contributed by atoms with Gasteiger partial charge in [0.25, 0.3) is 0 Å². The minimum absolute atomic E-state index is 0.174. The summed E-state index contributed by atoms with van der Waals surface area (Å²) in [4.78, 5) is 25.8. The molecule has 4 heterocycles. The SMILES string of the molecule is CO[C@H]1CNC[C@@H]1C(=O)Nc1cc(-c2nc(NCC3CCOCC3)cnc2Cl)c(Cl)cn1. The number of carbonyl (C=O) groups is 1. The Kier molecular flexibility index (Phi) is 7.75. The highest BCUT2D eigenvalue weighted by molar-refractivity contribution is 6.35. The van der Waals surface area contributed by atoms with Crippen LogP contribution in [0.25, 0.3) is 11.3 Å². The lowest BCUT2D eigenvalue weighted by Gasteiger charge is -2.22. The maximum atomic E-state index is 12.7. The van der Waals surface area contributed by atoms with Crippen molar-refractivity contribution >= 4 is 40.7 Å². The number of hydrogen-bond acceptors (Lipinski definition) is 8. The molecule has 0 aromatic carbocycles. The monoisotopic (exact) mass is 480 g/mol. The number of ether oxygens (including phenoxy) is 2. The van der Waals surface area contributed by atoms with Gasteiger partial charge in [-0.1, -0.05) is 23.2 Å². The van der Waals surface area contributed by atoms with Crippen LogP contribution in [0, 0.1) is 11.8 Å². The van der Waals surface area contributed by atoms with Crippen molar-refractivity contribution in [3.05, 3.63) is 28.6 Å². The molecule has 2 aromatic rings. The lowest BCUT2D eigenvalue weighted by molar-refractivity contribution is -0.122. The molecule has 0 radical (unpaired) electrons. The van der Waals surface area contributed by atoms with Crippen molar-refractivity contribution in [2.75, 3.05) is 50.6 Å². The maximum absolute atomic E-state index is 12.7. The Morgan fingerprint density at radius 3 is 2.81 bits per heavy atom. The predicted molar refractivity (Wildman–Crippen MR) is 123 cm³/mol. The van der Waals surface area contributed by atoms with Crippen molar-refractivity contribution in [3.8, 4) is 11.3 Å². The summed E-state index contributed by atoms with van der Waals surface area (Å²) in [7, 11) is 1.60. The van der Waals surface area contributed by atoms with Crippen molar-refractivity contribution in [1.29, 1.82) is 0 Å². The maximum Gasteiger partial charge on any atom is 0.232 e. The van der Waals surface area contributed by atoms with Gasteiger partial charge in [-0.2, -0.15) is 0 Å². The molecule has 0 unspecified atom stereocenters. The molecule has 11 heteroatoms. The molecule has 0 spiro atoms. The van der Waals surface area contributed by atoms with Gasteiger partial charge >= 0.3 is 0 Å². The van der Waals surface area contributed by atoms with E-state index in [4.69, 9.17) is 32.7 Å². The summed E-state index contributed by atoms with van der Waals surface area (Å²) in [5.41, 5.74) is 0.959. The highest BCUT2D eigenvalue weighted by atomic mass is 35.5. The van der Waals surface area contributed by atoms with Crippen LogP contribution in [0.2, 0.25) is 10.2 Å². The van der Waals surface area contributed by atoms with Gasteiger partial charge in [0.05, 0.1) is 23.2 Å². The number of aromatic nitrogens is 3. The first-order valence-corrected chi connectivity index (χ1v) is 11.3. The third kappa shape index (κ3) is 5.47. The Hall–Kier alpha value is -2.04. The fraction of sp³-hybridized carbons (Fsp3) is 0.524. The van der Waals surface area contributed by atoms with E-state index >= 15 is 0 Å². The number of halogens is 2. The summed E-state index contributed by atoms with van der Waals surface area (Å²) in [5, 5.41) is 9.90. The van der Waals surface area contributed by atoms with Crippen LogP contribution < -0.4 is 16.0 Å². The second-order valence-electron chi connectivity index (χ2n) is 7.91. The fourth-order valence-electron chi connectivity index (χ4n) is 3.90. The normalized spacial score (nSPS) is 21.5. The second-order valence-corrected chi connectivity index (χ2v) is 8.67. The zero-order valence-electron chi connectivity index (χ0n) is 17.7. The van der Waals surface area contributed by atoms with Crippen LogP contribution in [-0.4, -0.2) is 66.9 Å². The molecule has 3 N–H and O–H groups in total. The molecular formula is C21H26Cl2N6O3. The number of rotatable bonds is 7. The highest BCUT2D eigenvalue weighted by Gasteiger charge is 2.33. The van der Waals surface area contributed by atoms with Crippen LogP contribution in [0.3, 0.4) is 0 Å². The van der Waals surface area contributed by atoms with Crippen molar-refractivity contribution in [2.45, 2.75) is 18.9 Å². The Labute approximate surface area is 196 Å².